The molecule has 0 rings (SSSR count). The van der Waals surface area contributed by atoms with Crippen molar-refractivity contribution < 1.29 is 24.5 Å². The lowest BCUT2D eigenvalue weighted by Crippen LogP contribution is -2.45. The number of aliphatic hydroxyl groups excluding tert-OH is 2. The summed E-state index contributed by atoms with van der Waals surface area (Å²) in [5, 5.41) is 23.2. The van der Waals surface area contributed by atoms with Gasteiger partial charge in [-0.05, 0) is 57.8 Å². The number of rotatable bonds is 67. The van der Waals surface area contributed by atoms with Gasteiger partial charge < -0.3 is 20.3 Å². The molecule has 0 radical (unpaired) electrons. The van der Waals surface area contributed by atoms with Crippen LogP contribution in [0.15, 0.2) is 24.3 Å². The molecule has 0 aliphatic rings. The maximum atomic E-state index is 12.5. The van der Waals surface area contributed by atoms with Gasteiger partial charge in [0.25, 0.3) is 0 Å². The molecule has 1 amide bonds. The van der Waals surface area contributed by atoms with Gasteiger partial charge in [-0.1, -0.05) is 353 Å². The predicted octanol–water partition coefficient (Wildman–Crippen LogP) is 22.9. The molecule has 0 fully saturated rings. The Labute approximate surface area is 488 Å². The summed E-state index contributed by atoms with van der Waals surface area (Å²) in [4.78, 5) is 24.6. The van der Waals surface area contributed by atoms with Crippen LogP contribution < -0.4 is 5.32 Å². The summed E-state index contributed by atoms with van der Waals surface area (Å²) in [6.45, 7) is 4.94. The second kappa shape index (κ2) is 67.8. The van der Waals surface area contributed by atoms with Crippen LogP contribution in [0.5, 0.6) is 0 Å². The van der Waals surface area contributed by atoms with Gasteiger partial charge in [0.05, 0.1) is 25.4 Å². The summed E-state index contributed by atoms with van der Waals surface area (Å²) in [6, 6.07) is -0.626. The van der Waals surface area contributed by atoms with Crippen molar-refractivity contribution in [2.24, 2.45) is 0 Å². The molecule has 0 aliphatic carbocycles. The summed E-state index contributed by atoms with van der Waals surface area (Å²) in [7, 11) is 0. The fraction of sp³-hybridized carbons (Fsp3) is 0.917. The Morgan fingerprint density at radius 2 is 0.603 bits per heavy atom. The van der Waals surface area contributed by atoms with E-state index in [1.54, 1.807) is 6.08 Å². The third kappa shape index (κ3) is 63.5. The predicted molar refractivity (Wildman–Crippen MR) is 343 cm³/mol. The first-order chi connectivity index (χ1) is 38.5. The third-order valence-electron chi connectivity index (χ3n) is 16.7. The molecule has 2 unspecified atom stereocenters. The number of carbonyl (C=O) groups is 2. The van der Waals surface area contributed by atoms with E-state index in [0.717, 1.165) is 44.9 Å². The molecule has 0 aromatic carbocycles. The highest BCUT2D eigenvalue weighted by atomic mass is 16.5. The summed E-state index contributed by atoms with van der Waals surface area (Å²) >= 11 is 0. The van der Waals surface area contributed by atoms with Crippen LogP contribution in [0.2, 0.25) is 0 Å². The Hall–Kier alpha value is -1.66. The van der Waals surface area contributed by atoms with E-state index in [4.69, 9.17) is 4.74 Å². The number of nitrogens with one attached hydrogen (secondary N) is 1. The molecule has 0 aliphatic heterocycles. The molecule has 0 heterocycles. The van der Waals surface area contributed by atoms with Gasteiger partial charge in [-0.25, -0.2) is 0 Å². The molecule has 462 valence electrons. The Kier molecular flexibility index (Phi) is 66.4. The van der Waals surface area contributed by atoms with Gasteiger partial charge in [0.15, 0.2) is 0 Å². The highest BCUT2D eigenvalue weighted by Crippen LogP contribution is 2.19. The average Bonchev–Trinajstić information content (AvgIpc) is 3.44. The van der Waals surface area contributed by atoms with Crippen LogP contribution >= 0.6 is 0 Å². The van der Waals surface area contributed by atoms with Crippen molar-refractivity contribution in [1.82, 2.24) is 5.32 Å². The molecule has 0 saturated carbocycles. The van der Waals surface area contributed by atoms with Crippen molar-refractivity contribution in [1.29, 1.82) is 0 Å². The van der Waals surface area contributed by atoms with E-state index in [9.17, 15) is 19.8 Å². The number of allylic oxidation sites excluding steroid dienone is 3. The third-order valence-corrected chi connectivity index (χ3v) is 16.7. The molecule has 0 spiro atoms. The maximum Gasteiger partial charge on any atom is 0.305 e. The maximum absolute atomic E-state index is 12.5. The van der Waals surface area contributed by atoms with E-state index in [2.05, 4.69) is 31.3 Å². The molecule has 0 saturated heterocycles. The Morgan fingerprint density at radius 1 is 0.346 bits per heavy atom. The summed E-state index contributed by atoms with van der Waals surface area (Å²) in [5.41, 5.74) is 0. The van der Waals surface area contributed by atoms with Gasteiger partial charge in [-0.15, -0.1) is 0 Å². The topological polar surface area (TPSA) is 95.9 Å². The number of hydrogen-bond donors (Lipinski definition) is 3. The van der Waals surface area contributed by atoms with Crippen molar-refractivity contribution in [3.8, 4) is 0 Å². The smallest absolute Gasteiger partial charge is 0.305 e. The summed E-state index contributed by atoms with van der Waals surface area (Å²) in [6.07, 6.45) is 85.4. The SMILES string of the molecule is CCCCCCCCC/C=C\CCCCCCCCCC(=O)OCCCCCCCCCCCCCCCCCCCCCCCCCCCCCC(=O)NC(CO)C(O)/C=C/CCCCCCCCCCCCCCCC. The molecule has 6 nitrogen and oxygen atoms in total. The molecule has 6 heteroatoms. The van der Waals surface area contributed by atoms with Crippen LogP contribution in [-0.4, -0.2) is 47.4 Å². The van der Waals surface area contributed by atoms with E-state index in [-0.39, 0.29) is 18.5 Å². The van der Waals surface area contributed by atoms with Gasteiger partial charge in [-0.3, -0.25) is 9.59 Å². The minimum atomic E-state index is -0.842. The number of aliphatic hydroxyl groups is 2. The second-order valence-electron chi connectivity index (χ2n) is 24.6. The summed E-state index contributed by atoms with van der Waals surface area (Å²) < 4.78 is 5.51. The first-order valence-electron chi connectivity index (χ1n) is 35.6. The van der Waals surface area contributed by atoms with Crippen LogP contribution in [-0.2, 0) is 14.3 Å². The monoisotopic (exact) mass is 1100 g/mol. The Bertz CT molecular complexity index is 1220. The summed E-state index contributed by atoms with van der Waals surface area (Å²) in [5.74, 6) is -0.0469. The quantitative estimate of drug-likeness (QED) is 0.0320. The molecule has 3 N–H and O–H groups in total. The van der Waals surface area contributed by atoms with Crippen molar-refractivity contribution in [2.45, 2.75) is 411 Å². The van der Waals surface area contributed by atoms with E-state index in [0.29, 0.717) is 19.4 Å². The van der Waals surface area contributed by atoms with Crippen LogP contribution in [0.3, 0.4) is 0 Å². The van der Waals surface area contributed by atoms with Gasteiger partial charge in [-0.2, -0.15) is 0 Å². The molecular weight excluding hydrogens is 959 g/mol. The first kappa shape index (κ1) is 76.3. The standard InChI is InChI=1S/C72H139NO5/c1-3-5-7-9-11-13-15-17-19-21-34-38-42-46-50-54-58-62-66-72(77)78-67-63-59-55-51-47-43-39-35-32-30-28-26-24-22-23-25-27-29-31-33-37-41-45-49-53-57-61-65-71(76)73-69(68-74)70(75)64-60-56-52-48-44-40-36-20-18-16-14-12-10-8-6-4-2/h19,21,60,64,69-70,74-75H,3-18,20,22-59,61-63,65-68H2,1-2H3,(H,73,76)/b21-19-,64-60+. The zero-order valence-corrected chi connectivity index (χ0v) is 52.9. The number of amides is 1. The van der Waals surface area contributed by atoms with E-state index in [1.165, 1.54) is 327 Å². The molecule has 0 bridgehead atoms. The molecule has 0 aromatic heterocycles. The molecule has 2 atom stereocenters. The number of unbranched alkanes of at least 4 members (excludes halogenated alkanes) is 54. The molecule has 0 aromatic rings. The highest BCUT2D eigenvalue weighted by molar-refractivity contribution is 5.76. The van der Waals surface area contributed by atoms with Crippen LogP contribution in [0.25, 0.3) is 0 Å². The number of hydrogen-bond acceptors (Lipinski definition) is 5. The van der Waals surface area contributed by atoms with Crippen LogP contribution in [0, 0.1) is 0 Å². The van der Waals surface area contributed by atoms with Gasteiger partial charge in [0, 0.05) is 12.8 Å². The van der Waals surface area contributed by atoms with Crippen molar-refractivity contribution in [3.63, 3.8) is 0 Å². The van der Waals surface area contributed by atoms with Crippen molar-refractivity contribution in [3.05, 3.63) is 24.3 Å². The largest absolute Gasteiger partial charge is 0.466 e. The second-order valence-corrected chi connectivity index (χ2v) is 24.6. The molecule has 78 heavy (non-hydrogen) atoms. The zero-order chi connectivity index (χ0) is 56.4. The van der Waals surface area contributed by atoms with E-state index >= 15 is 0 Å². The lowest BCUT2D eigenvalue weighted by Gasteiger charge is -2.20. The van der Waals surface area contributed by atoms with Gasteiger partial charge >= 0.3 is 5.97 Å². The number of esters is 1. The normalized spacial score (nSPS) is 12.6. The zero-order valence-electron chi connectivity index (χ0n) is 52.9. The lowest BCUT2D eigenvalue weighted by atomic mass is 10.0. The van der Waals surface area contributed by atoms with Gasteiger partial charge in [0.2, 0.25) is 5.91 Å². The average molecular weight is 1100 g/mol. The first-order valence-corrected chi connectivity index (χ1v) is 35.6. The van der Waals surface area contributed by atoms with Crippen molar-refractivity contribution in [2.75, 3.05) is 13.2 Å². The number of carbonyl (C=O) groups excluding carboxylic acids is 2. The Morgan fingerprint density at radius 3 is 0.910 bits per heavy atom. The fourth-order valence-corrected chi connectivity index (χ4v) is 11.3. The highest BCUT2D eigenvalue weighted by Gasteiger charge is 2.18. The van der Waals surface area contributed by atoms with E-state index in [1.807, 2.05) is 6.08 Å². The van der Waals surface area contributed by atoms with Crippen LogP contribution in [0.1, 0.15) is 399 Å². The minimum Gasteiger partial charge on any atom is -0.466 e. The van der Waals surface area contributed by atoms with E-state index < -0.39 is 12.1 Å². The molecular formula is C72H139NO5. The Balaban J connectivity index is 3.35. The van der Waals surface area contributed by atoms with Crippen molar-refractivity contribution >= 4 is 11.9 Å². The van der Waals surface area contributed by atoms with Crippen LogP contribution in [0.4, 0.5) is 0 Å². The fourth-order valence-electron chi connectivity index (χ4n) is 11.3. The lowest BCUT2D eigenvalue weighted by molar-refractivity contribution is -0.143. The number of ether oxygens (including phenoxy) is 1. The van der Waals surface area contributed by atoms with Gasteiger partial charge in [0.1, 0.15) is 0 Å². The minimum absolute atomic E-state index is 0.0155.